The molecule has 0 aromatic rings. The summed E-state index contributed by atoms with van der Waals surface area (Å²) < 4.78 is 80.3. The van der Waals surface area contributed by atoms with Gasteiger partial charge in [0.25, 0.3) is 0 Å². The van der Waals surface area contributed by atoms with Crippen LogP contribution >= 0.6 is 0 Å². The van der Waals surface area contributed by atoms with Gasteiger partial charge in [0.05, 0.1) is 5.60 Å². The molecule has 1 N–H and O–H groups in total. The summed E-state index contributed by atoms with van der Waals surface area (Å²) in [5.74, 6) is 0. The van der Waals surface area contributed by atoms with Gasteiger partial charge in [0.2, 0.25) is 6.10 Å². The fraction of sp³-hybridized carbons (Fsp3) is 1.00. The monoisotopic (exact) mass is 307 g/mol. The molecule has 0 aromatic heterocycles. The van der Waals surface area contributed by atoms with Crippen LogP contribution < -0.4 is 5.32 Å². The predicted octanol–water partition coefficient (Wildman–Crippen LogP) is 3.81. The number of halogens is 6. The van der Waals surface area contributed by atoms with Crippen LogP contribution in [0.15, 0.2) is 0 Å². The topological polar surface area (TPSA) is 21.3 Å². The van der Waals surface area contributed by atoms with Crippen molar-refractivity contribution in [3.05, 3.63) is 0 Å². The van der Waals surface area contributed by atoms with Crippen LogP contribution in [0.25, 0.3) is 0 Å². The van der Waals surface area contributed by atoms with Crippen molar-refractivity contribution < 1.29 is 31.1 Å². The van der Waals surface area contributed by atoms with Gasteiger partial charge in [0, 0.05) is 6.54 Å². The maximum Gasteiger partial charge on any atom is 0.423 e. The van der Waals surface area contributed by atoms with Gasteiger partial charge in [-0.15, -0.1) is 0 Å². The van der Waals surface area contributed by atoms with Crippen molar-refractivity contribution in [3.8, 4) is 0 Å². The number of ether oxygens (including phenoxy) is 1. The molecule has 0 saturated heterocycles. The Hall–Kier alpha value is -0.500. The molecule has 0 radical (unpaired) electrons. The zero-order valence-electron chi connectivity index (χ0n) is 11.2. The van der Waals surface area contributed by atoms with Crippen LogP contribution in [0.1, 0.15) is 38.5 Å². The van der Waals surface area contributed by atoms with Crippen LogP contribution in [0.3, 0.4) is 0 Å². The minimum absolute atomic E-state index is 0.0182. The first kappa shape index (κ1) is 17.6. The molecule has 2 nitrogen and oxygen atoms in total. The van der Waals surface area contributed by atoms with Gasteiger partial charge in [-0.2, -0.15) is 26.3 Å². The Morgan fingerprint density at radius 2 is 1.40 bits per heavy atom. The SMILES string of the molecule is CNCC1(OC(C(F)(F)F)C(F)(F)F)CCCCCC1. The number of rotatable bonds is 4. The third kappa shape index (κ3) is 4.80. The van der Waals surface area contributed by atoms with Crippen LogP contribution in [0, 0.1) is 0 Å². The van der Waals surface area contributed by atoms with Crippen molar-refractivity contribution in [1.29, 1.82) is 0 Å². The van der Waals surface area contributed by atoms with Crippen LogP contribution in [0.4, 0.5) is 26.3 Å². The van der Waals surface area contributed by atoms with E-state index in [0.717, 1.165) is 12.8 Å². The highest BCUT2D eigenvalue weighted by Gasteiger charge is 2.60. The molecule has 0 heterocycles. The molecule has 1 fully saturated rings. The first-order chi connectivity index (χ1) is 9.11. The van der Waals surface area contributed by atoms with Gasteiger partial charge in [-0.05, 0) is 19.9 Å². The zero-order valence-corrected chi connectivity index (χ0v) is 11.2. The smallest absolute Gasteiger partial charge is 0.353 e. The van der Waals surface area contributed by atoms with E-state index >= 15 is 0 Å². The van der Waals surface area contributed by atoms with Gasteiger partial charge in [0.15, 0.2) is 0 Å². The summed E-state index contributed by atoms with van der Waals surface area (Å²) in [6, 6.07) is 0. The Labute approximate surface area is 113 Å². The van der Waals surface area contributed by atoms with Crippen molar-refractivity contribution in [2.75, 3.05) is 13.6 Å². The zero-order chi connectivity index (χ0) is 15.4. The summed E-state index contributed by atoms with van der Waals surface area (Å²) in [6.45, 7) is -0.0182. The molecule has 1 rings (SSSR count). The van der Waals surface area contributed by atoms with Gasteiger partial charge < -0.3 is 10.1 Å². The molecule has 120 valence electrons. The molecule has 0 aliphatic heterocycles. The van der Waals surface area contributed by atoms with Gasteiger partial charge >= 0.3 is 12.4 Å². The second-order valence-corrected chi connectivity index (χ2v) is 5.21. The first-order valence-electron chi connectivity index (χ1n) is 6.57. The molecule has 0 bridgehead atoms. The van der Waals surface area contributed by atoms with E-state index in [9.17, 15) is 26.3 Å². The lowest BCUT2D eigenvalue weighted by molar-refractivity contribution is -0.345. The number of hydrogen-bond acceptors (Lipinski definition) is 2. The molecular formula is C12H19F6NO. The Morgan fingerprint density at radius 1 is 0.950 bits per heavy atom. The number of nitrogens with one attached hydrogen (secondary N) is 1. The summed E-state index contributed by atoms with van der Waals surface area (Å²) >= 11 is 0. The third-order valence-corrected chi connectivity index (χ3v) is 3.48. The largest absolute Gasteiger partial charge is 0.423 e. The highest BCUT2D eigenvalue weighted by Crippen LogP contribution is 2.41. The average Bonchev–Trinajstić information content (AvgIpc) is 2.50. The lowest BCUT2D eigenvalue weighted by Gasteiger charge is -2.37. The van der Waals surface area contributed by atoms with Gasteiger partial charge in [-0.3, -0.25) is 0 Å². The molecule has 1 aliphatic carbocycles. The quantitative estimate of drug-likeness (QED) is 0.630. The maximum absolute atomic E-state index is 12.6. The van der Waals surface area contributed by atoms with Crippen molar-refractivity contribution in [2.24, 2.45) is 0 Å². The minimum Gasteiger partial charge on any atom is -0.353 e. The highest BCUT2D eigenvalue weighted by atomic mass is 19.4. The van der Waals surface area contributed by atoms with Crippen molar-refractivity contribution >= 4 is 0 Å². The molecule has 20 heavy (non-hydrogen) atoms. The molecule has 0 atom stereocenters. The fourth-order valence-electron chi connectivity index (χ4n) is 2.60. The van der Waals surface area contributed by atoms with Crippen LogP contribution in [0.2, 0.25) is 0 Å². The van der Waals surface area contributed by atoms with E-state index in [1.807, 2.05) is 0 Å². The third-order valence-electron chi connectivity index (χ3n) is 3.48. The Kier molecular flexibility index (Phi) is 5.71. The van der Waals surface area contributed by atoms with Crippen molar-refractivity contribution in [3.63, 3.8) is 0 Å². The molecule has 1 saturated carbocycles. The van der Waals surface area contributed by atoms with Crippen LogP contribution in [-0.4, -0.2) is 37.7 Å². The van der Waals surface area contributed by atoms with E-state index < -0.39 is 24.1 Å². The van der Waals surface area contributed by atoms with E-state index in [1.165, 1.54) is 7.05 Å². The number of hydrogen-bond donors (Lipinski definition) is 1. The van der Waals surface area contributed by atoms with E-state index in [4.69, 9.17) is 0 Å². The van der Waals surface area contributed by atoms with Crippen LogP contribution in [0.5, 0.6) is 0 Å². The average molecular weight is 307 g/mol. The Morgan fingerprint density at radius 3 is 1.75 bits per heavy atom. The minimum atomic E-state index is -5.45. The van der Waals surface area contributed by atoms with E-state index in [-0.39, 0.29) is 19.4 Å². The number of likely N-dealkylation sites (N-methyl/N-ethyl adjacent to an activating group) is 1. The summed E-state index contributed by atoms with van der Waals surface area (Å²) in [6.07, 6.45) is -11.5. The van der Waals surface area contributed by atoms with Gasteiger partial charge in [-0.1, -0.05) is 25.7 Å². The summed E-state index contributed by atoms with van der Waals surface area (Å²) in [4.78, 5) is 0. The molecule has 0 aromatic carbocycles. The molecule has 8 heteroatoms. The normalized spacial score (nSPS) is 21.0. The van der Waals surface area contributed by atoms with Crippen molar-refractivity contribution in [1.82, 2.24) is 5.32 Å². The second-order valence-electron chi connectivity index (χ2n) is 5.21. The molecule has 1 aliphatic rings. The van der Waals surface area contributed by atoms with Crippen molar-refractivity contribution in [2.45, 2.75) is 62.6 Å². The van der Waals surface area contributed by atoms with Crippen LogP contribution in [-0.2, 0) is 4.74 Å². The highest BCUT2D eigenvalue weighted by molar-refractivity contribution is 4.89. The molecule has 0 unspecified atom stereocenters. The summed E-state index contributed by atoms with van der Waals surface area (Å²) in [7, 11) is 1.49. The molecule has 0 spiro atoms. The summed E-state index contributed by atoms with van der Waals surface area (Å²) in [5, 5.41) is 2.65. The standard InChI is InChI=1S/C12H19F6NO/c1-19-8-10(6-4-2-3-5-7-10)20-9(11(13,14)15)12(16,17)18/h9,19H,2-8H2,1H3. The first-order valence-corrected chi connectivity index (χ1v) is 6.57. The van der Waals surface area contributed by atoms with E-state index in [1.54, 1.807) is 0 Å². The van der Waals surface area contributed by atoms with E-state index in [0.29, 0.717) is 12.8 Å². The second kappa shape index (κ2) is 6.51. The molecule has 0 amide bonds. The van der Waals surface area contributed by atoms with Gasteiger partial charge in [0.1, 0.15) is 0 Å². The van der Waals surface area contributed by atoms with Gasteiger partial charge in [-0.25, -0.2) is 0 Å². The Bertz CT molecular complexity index is 279. The van der Waals surface area contributed by atoms with E-state index in [2.05, 4.69) is 10.1 Å². The Balaban J connectivity index is 2.96. The summed E-state index contributed by atoms with van der Waals surface area (Å²) in [5.41, 5.74) is -1.40. The predicted molar refractivity (Wildman–Crippen MR) is 61.3 cm³/mol. The maximum atomic E-state index is 12.6. The lowest BCUT2D eigenvalue weighted by Crippen LogP contribution is -2.53. The number of alkyl halides is 6. The fourth-order valence-corrected chi connectivity index (χ4v) is 2.60. The lowest BCUT2D eigenvalue weighted by atomic mass is 9.93. The molecular weight excluding hydrogens is 288 g/mol.